The Bertz CT molecular complexity index is 302. The summed E-state index contributed by atoms with van der Waals surface area (Å²) < 4.78 is 10.3. The maximum absolute atomic E-state index is 5.58. The van der Waals surface area contributed by atoms with Crippen molar-refractivity contribution in [1.29, 1.82) is 0 Å². The zero-order valence-corrected chi connectivity index (χ0v) is 9.25. The number of nitrogens with two attached hydrogens (primary N) is 1. The molecule has 3 nitrogen and oxygen atoms in total. The molecule has 2 N–H and O–H groups in total. The molecule has 1 aromatic carbocycles. The van der Waals surface area contributed by atoms with Gasteiger partial charge in [0.2, 0.25) is 0 Å². The van der Waals surface area contributed by atoms with Crippen molar-refractivity contribution in [1.82, 2.24) is 0 Å². The highest BCUT2D eigenvalue weighted by Gasteiger charge is 2.05. The Labute approximate surface area is 89.6 Å². The van der Waals surface area contributed by atoms with E-state index in [9.17, 15) is 0 Å². The number of thiol groups is 1. The van der Waals surface area contributed by atoms with Gasteiger partial charge in [-0.3, -0.25) is 0 Å². The topological polar surface area (TPSA) is 44.5 Å². The van der Waals surface area contributed by atoms with E-state index < -0.39 is 0 Å². The number of hydrogen-bond donors (Lipinski definition) is 2. The average molecular weight is 213 g/mol. The van der Waals surface area contributed by atoms with Gasteiger partial charge in [-0.05, 0) is 24.1 Å². The van der Waals surface area contributed by atoms with Crippen molar-refractivity contribution in [2.24, 2.45) is 5.73 Å². The Morgan fingerprint density at radius 3 is 2.43 bits per heavy atom. The summed E-state index contributed by atoms with van der Waals surface area (Å²) in [4.78, 5) is 0. The highest BCUT2D eigenvalue weighted by atomic mass is 32.1. The molecule has 4 heteroatoms. The minimum atomic E-state index is -0.145. The first kappa shape index (κ1) is 11.2. The fraction of sp³-hybridized carbons (Fsp3) is 0.400. The van der Waals surface area contributed by atoms with Crippen LogP contribution in [-0.4, -0.2) is 19.6 Å². The van der Waals surface area contributed by atoms with Crippen molar-refractivity contribution in [2.75, 3.05) is 14.2 Å². The monoisotopic (exact) mass is 213 g/mol. The molecule has 0 radical (unpaired) electrons. The molecule has 0 bridgehead atoms. The maximum atomic E-state index is 5.58. The molecule has 0 aliphatic rings. The van der Waals surface area contributed by atoms with Crippen molar-refractivity contribution in [3.8, 4) is 11.5 Å². The molecule has 1 aromatic rings. The van der Waals surface area contributed by atoms with Crippen LogP contribution in [0.15, 0.2) is 18.2 Å². The smallest absolute Gasteiger partial charge is 0.160 e. The maximum Gasteiger partial charge on any atom is 0.160 e. The predicted octanol–water partition coefficient (Wildman–Crippen LogP) is 1.46. The van der Waals surface area contributed by atoms with Gasteiger partial charge in [-0.15, -0.1) is 0 Å². The molecule has 14 heavy (non-hydrogen) atoms. The van der Waals surface area contributed by atoms with Gasteiger partial charge in [0.05, 0.1) is 19.6 Å². The van der Waals surface area contributed by atoms with Crippen LogP contribution in [0.5, 0.6) is 11.5 Å². The third-order valence-electron chi connectivity index (χ3n) is 1.89. The zero-order chi connectivity index (χ0) is 10.6. The lowest BCUT2D eigenvalue weighted by molar-refractivity contribution is 0.354. The summed E-state index contributed by atoms with van der Waals surface area (Å²) in [5.41, 5.74) is 6.67. The molecule has 78 valence electrons. The van der Waals surface area contributed by atoms with Crippen molar-refractivity contribution >= 4 is 12.6 Å². The van der Waals surface area contributed by atoms with Crippen LogP contribution in [0.3, 0.4) is 0 Å². The molecule has 0 aromatic heterocycles. The molecule has 0 aliphatic carbocycles. The standard InChI is InChI=1S/C10H15NO2S/c1-12-8-4-3-7(6-10(11)14)5-9(8)13-2/h3-5,10,14H,6,11H2,1-2H3. The first-order chi connectivity index (χ1) is 6.67. The second-order valence-corrected chi connectivity index (χ2v) is 3.62. The van der Waals surface area contributed by atoms with Crippen molar-refractivity contribution in [3.05, 3.63) is 23.8 Å². The Morgan fingerprint density at radius 1 is 1.29 bits per heavy atom. The van der Waals surface area contributed by atoms with E-state index in [1.165, 1.54) is 0 Å². The third kappa shape index (κ3) is 2.82. The normalized spacial score (nSPS) is 12.3. The quantitative estimate of drug-likeness (QED) is 0.588. The van der Waals surface area contributed by atoms with Crippen LogP contribution >= 0.6 is 12.6 Å². The van der Waals surface area contributed by atoms with Crippen LogP contribution in [0, 0.1) is 0 Å². The summed E-state index contributed by atoms with van der Waals surface area (Å²) in [5, 5.41) is -0.145. The fourth-order valence-electron chi connectivity index (χ4n) is 1.25. The molecule has 1 unspecified atom stereocenters. The van der Waals surface area contributed by atoms with Gasteiger partial charge in [-0.2, -0.15) is 12.6 Å². The van der Waals surface area contributed by atoms with Crippen molar-refractivity contribution < 1.29 is 9.47 Å². The van der Waals surface area contributed by atoms with E-state index in [0.29, 0.717) is 6.42 Å². The van der Waals surface area contributed by atoms with Crippen LogP contribution in [-0.2, 0) is 6.42 Å². The predicted molar refractivity (Wildman–Crippen MR) is 60.2 cm³/mol. The molecular formula is C10H15NO2S. The average Bonchev–Trinajstić information content (AvgIpc) is 2.16. The molecular weight excluding hydrogens is 198 g/mol. The lowest BCUT2D eigenvalue weighted by Gasteiger charge is -2.10. The van der Waals surface area contributed by atoms with Gasteiger partial charge in [0, 0.05) is 0 Å². The number of methoxy groups -OCH3 is 2. The van der Waals surface area contributed by atoms with E-state index in [-0.39, 0.29) is 5.37 Å². The highest BCUT2D eigenvalue weighted by molar-refractivity contribution is 7.80. The fourth-order valence-corrected chi connectivity index (χ4v) is 1.46. The molecule has 1 rings (SSSR count). The number of hydrogen-bond acceptors (Lipinski definition) is 4. The second-order valence-electron chi connectivity index (χ2n) is 2.96. The van der Waals surface area contributed by atoms with E-state index in [4.69, 9.17) is 15.2 Å². The summed E-state index contributed by atoms with van der Waals surface area (Å²) in [7, 11) is 3.23. The van der Waals surface area contributed by atoms with Gasteiger partial charge in [0.1, 0.15) is 0 Å². The molecule has 1 atom stereocenters. The summed E-state index contributed by atoms with van der Waals surface area (Å²) in [6.45, 7) is 0. The van der Waals surface area contributed by atoms with E-state index in [2.05, 4.69) is 12.6 Å². The minimum absolute atomic E-state index is 0.145. The highest BCUT2D eigenvalue weighted by Crippen LogP contribution is 2.27. The molecule has 0 saturated heterocycles. The van der Waals surface area contributed by atoms with Gasteiger partial charge in [0.25, 0.3) is 0 Å². The molecule has 0 heterocycles. The molecule has 0 spiro atoms. The van der Waals surface area contributed by atoms with Gasteiger partial charge in [-0.25, -0.2) is 0 Å². The molecule has 0 amide bonds. The van der Waals surface area contributed by atoms with Gasteiger partial charge in [-0.1, -0.05) is 6.07 Å². The van der Waals surface area contributed by atoms with E-state index in [0.717, 1.165) is 17.1 Å². The van der Waals surface area contributed by atoms with Crippen LogP contribution in [0.2, 0.25) is 0 Å². The van der Waals surface area contributed by atoms with Gasteiger partial charge >= 0.3 is 0 Å². The van der Waals surface area contributed by atoms with Crippen LogP contribution in [0.25, 0.3) is 0 Å². The van der Waals surface area contributed by atoms with Crippen LogP contribution < -0.4 is 15.2 Å². The van der Waals surface area contributed by atoms with Gasteiger partial charge < -0.3 is 15.2 Å². The van der Waals surface area contributed by atoms with Gasteiger partial charge in [0.15, 0.2) is 11.5 Å². The number of ether oxygens (including phenoxy) is 2. The van der Waals surface area contributed by atoms with Crippen LogP contribution in [0.1, 0.15) is 5.56 Å². The lowest BCUT2D eigenvalue weighted by atomic mass is 10.1. The summed E-state index contributed by atoms with van der Waals surface area (Å²) in [5.74, 6) is 1.45. The largest absolute Gasteiger partial charge is 0.493 e. The second kappa shape index (κ2) is 5.12. The summed E-state index contributed by atoms with van der Waals surface area (Å²) in [6.07, 6.45) is 0.712. The Morgan fingerprint density at radius 2 is 1.93 bits per heavy atom. The number of benzene rings is 1. The Hall–Kier alpha value is -0.870. The Kier molecular flexibility index (Phi) is 4.10. The molecule has 0 saturated carbocycles. The van der Waals surface area contributed by atoms with Crippen molar-refractivity contribution in [3.63, 3.8) is 0 Å². The zero-order valence-electron chi connectivity index (χ0n) is 8.36. The SMILES string of the molecule is COc1ccc(CC(N)S)cc1OC. The number of rotatable bonds is 4. The van der Waals surface area contributed by atoms with E-state index in [1.54, 1.807) is 14.2 Å². The van der Waals surface area contributed by atoms with E-state index in [1.807, 2.05) is 18.2 Å². The van der Waals surface area contributed by atoms with E-state index >= 15 is 0 Å². The van der Waals surface area contributed by atoms with Crippen molar-refractivity contribution in [2.45, 2.75) is 11.8 Å². The Balaban J connectivity index is 2.89. The lowest BCUT2D eigenvalue weighted by Crippen LogP contribution is -2.14. The third-order valence-corrected chi connectivity index (χ3v) is 2.08. The van der Waals surface area contributed by atoms with Crippen LogP contribution in [0.4, 0.5) is 0 Å². The first-order valence-corrected chi connectivity index (χ1v) is 4.83. The molecule has 0 aliphatic heterocycles. The summed E-state index contributed by atoms with van der Waals surface area (Å²) >= 11 is 4.13. The molecule has 0 fully saturated rings. The summed E-state index contributed by atoms with van der Waals surface area (Å²) in [6, 6.07) is 5.73. The minimum Gasteiger partial charge on any atom is -0.493 e. The first-order valence-electron chi connectivity index (χ1n) is 4.32.